The Morgan fingerprint density at radius 2 is 1.87 bits per heavy atom. The lowest BCUT2D eigenvalue weighted by Crippen LogP contribution is -2.36. The standard InChI is InChI=1S/C18H24N2O3/c1-4-13(5-2)19-17(21)12-23-18(22)15-11-20(6-3)16-10-8-7-9-14(15)16/h7-11,13H,4-6,12H2,1-3H3,(H,19,21). The Balaban J connectivity index is 2.05. The highest BCUT2D eigenvalue weighted by atomic mass is 16.5. The van der Waals surface area contributed by atoms with E-state index in [2.05, 4.69) is 5.32 Å². The molecular formula is C18H24N2O3. The molecule has 0 aliphatic rings. The van der Waals surface area contributed by atoms with Crippen molar-refractivity contribution >= 4 is 22.8 Å². The number of amides is 1. The molecule has 1 amide bonds. The lowest BCUT2D eigenvalue weighted by Gasteiger charge is -2.14. The first-order chi connectivity index (χ1) is 11.1. The summed E-state index contributed by atoms with van der Waals surface area (Å²) in [6.45, 7) is 6.56. The van der Waals surface area contributed by atoms with Crippen LogP contribution in [0.4, 0.5) is 0 Å². The molecule has 0 radical (unpaired) electrons. The fourth-order valence-corrected chi connectivity index (χ4v) is 2.64. The molecule has 0 bridgehead atoms. The second kappa shape index (κ2) is 7.81. The number of esters is 1. The first-order valence-corrected chi connectivity index (χ1v) is 8.15. The number of aryl methyl sites for hydroxylation is 1. The molecule has 0 saturated heterocycles. The fraction of sp³-hybridized carbons (Fsp3) is 0.444. The predicted molar refractivity (Wildman–Crippen MR) is 90.4 cm³/mol. The van der Waals surface area contributed by atoms with Gasteiger partial charge in [0.25, 0.3) is 5.91 Å². The molecule has 2 aromatic rings. The minimum Gasteiger partial charge on any atom is -0.452 e. The Morgan fingerprint density at radius 3 is 2.52 bits per heavy atom. The van der Waals surface area contributed by atoms with Gasteiger partial charge in [0.05, 0.1) is 5.56 Å². The summed E-state index contributed by atoms with van der Waals surface area (Å²) in [6.07, 6.45) is 3.51. The number of rotatable bonds is 7. The molecule has 0 fully saturated rings. The van der Waals surface area contributed by atoms with Crippen LogP contribution in [-0.4, -0.2) is 29.1 Å². The second-order valence-electron chi connectivity index (χ2n) is 5.50. The average Bonchev–Trinajstić information content (AvgIpc) is 2.96. The van der Waals surface area contributed by atoms with E-state index in [1.54, 1.807) is 6.20 Å². The highest BCUT2D eigenvalue weighted by Gasteiger charge is 2.17. The Morgan fingerprint density at radius 1 is 1.17 bits per heavy atom. The van der Waals surface area contributed by atoms with Crippen LogP contribution in [0.1, 0.15) is 44.0 Å². The lowest BCUT2D eigenvalue weighted by atomic mass is 10.2. The third-order valence-corrected chi connectivity index (χ3v) is 4.03. The van der Waals surface area contributed by atoms with Crippen molar-refractivity contribution < 1.29 is 14.3 Å². The van der Waals surface area contributed by atoms with Crippen molar-refractivity contribution in [1.82, 2.24) is 9.88 Å². The van der Waals surface area contributed by atoms with Crippen LogP contribution in [0.15, 0.2) is 30.5 Å². The number of fused-ring (bicyclic) bond motifs is 1. The Kier molecular flexibility index (Phi) is 5.79. The molecule has 5 heteroatoms. The van der Waals surface area contributed by atoms with Gasteiger partial charge < -0.3 is 14.6 Å². The smallest absolute Gasteiger partial charge is 0.340 e. The van der Waals surface area contributed by atoms with E-state index in [9.17, 15) is 9.59 Å². The van der Waals surface area contributed by atoms with Gasteiger partial charge in [-0.25, -0.2) is 4.79 Å². The number of nitrogens with zero attached hydrogens (tertiary/aromatic N) is 1. The summed E-state index contributed by atoms with van der Waals surface area (Å²) in [5.41, 5.74) is 1.49. The number of carbonyl (C=O) groups is 2. The van der Waals surface area contributed by atoms with Gasteiger partial charge >= 0.3 is 5.97 Å². The first kappa shape index (κ1) is 17.1. The molecule has 1 aromatic heterocycles. The summed E-state index contributed by atoms with van der Waals surface area (Å²) in [7, 11) is 0. The molecule has 0 aliphatic carbocycles. The van der Waals surface area contributed by atoms with Crippen molar-refractivity contribution in [3.63, 3.8) is 0 Å². The molecule has 2 rings (SSSR count). The summed E-state index contributed by atoms with van der Waals surface area (Å²) in [5.74, 6) is -0.723. The molecule has 0 atom stereocenters. The average molecular weight is 316 g/mol. The highest BCUT2D eigenvalue weighted by Crippen LogP contribution is 2.22. The van der Waals surface area contributed by atoms with Crippen LogP contribution in [0.5, 0.6) is 0 Å². The molecule has 0 aliphatic heterocycles. The summed E-state index contributed by atoms with van der Waals surface area (Å²) in [6, 6.07) is 7.81. The van der Waals surface area contributed by atoms with E-state index in [1.165, 1.54) is 0 Å². The van der Waals surface area contributed by atoms with E-state index in [0.29, 0.717) is 5.56 Å². The van der Waals surface area contributed by atoms with Crippen LogP contribution in [0, 0.1) is 0 Å². The van der Waals surface area contributed by atoms with E-state index >= 15 is 0 Å². The molecule has 1 N–H and O–H groups in total. The van der Waals surface area contributed by atoms with Crippen molar-refractivity contribution in [2.24, 2.45) is 0 Å². The van der Waals surface area contributed by atoms with Crippen LogP contribution >= 0.6 is 0 Å². The number of hydrogen-bond acceptors (Lipinski definition) is 3. The van der Waals surface area contributed by atoms with Gasteiger partial charge in [-0.05, 0) is 25.8 Å². The Labute approximate surface area is 136 Å². The third-order valence-electron chi connectivity index (χ3n) is 4.03. The molecule has 1 heterocycles. The number of para-hydroxylation sites is 1. The third kappa shape index (κ3) is 3.92. The maximum absolute atomic E-state index is 12.3. The number of benzene rings is 1. The predicted octanol–water partition coefficient (Wildman–Crippen LogP) is 3.12. The molecule has 23 heavy (non-hydrogen) atoms. The molecular weight excluding hydrogens is 292 g/mol. The fourth-order valence-electron chi connectivity index (χ4n) is 2.64. The van der Waals surface area contributed by atoms with Gasteiger partial charge in [0, 0.05) is 29.7 Å². The highest BCUT2D eigenvalue weighted by molar-refractivity contribution is 6.04. The van der Waals surface area contributed by atoms with Crippen molar-refractivity contribution in [2.75, 3.05) is 6.61 Å². The van der Waals surface area contributed by atoms with Crippen LogP contribution in [0.2, 0.25) is 0 Å². The molecule has 0 saturated carbocycles. The van der Waals surface area contributed by atoms with Gasteiger partial charge in [-0.1, -0.05) is 32.0 Å². The van der Waals surface area contributed by atoms with Crippen LogP contribution in [-0.2, 0) is 16.1 Å². The largest absolute Gasteiger partial charge is 0.452 e. The summed E-state index contributed by atoms with van der Waals surface area (Å²) in [5, 5.41) is 3.70. The number of aromatic nitrogens is 1. The minimum atomic E-state index is -0.465. The van der Waals surface area contributed by atoms with Crippen LogP contribution < -0.4 is 5.32 Å². The zero-order chi connectivity index (χ0) is 16.8. The van der Waals surface area contributed by atoms with Gasteiger partial charge in [0.1, 0.15) is 0 Å². The van der Waals surface area contributed by atoms with Crippen molar-refractivity contribution in [3.05, 3.63) is 36.0 Å². The van der Waals surface area contributed by atoms with Crippen LogP contribution in [0.3, 0.4) is 0 Å². The van der Waals surface area contributed by atoms with E-state index in [0.717, 1.165) is 30.3 Å². The SMILES string of the molecule is CCC(CC)NC(=O)COC(=O)c1cn(CC)c2ccccc12. The maximum atomic E-state index is 12.3. The lowest BCUT2D eigenvalue weighted by molar-refractivity contribution is -0.125. The number of nitrogens with one attached hydrogen (secondary N) is 1. The van der Waals surface area contributed by atoms with Gasteiger partial charge in [-0.3, -0.25) is 4.79 Å². The summed E-state index contributed by atoms with van der Waals surface area (Å²) < 4.78 is 7.18. The topological polar surface area (TPSA) is 60.3 Å². The Hall–Kier alpha value is -2.30. The Bertz CT molecular complexity index is 687. The van der Waals surface area contributed by atoms with Crippen molar-refractivity contribution in [1.29, 1.82) is 0 Å². The second-order valence-corrected chi connectivity index (χ2v) is 5.50. The van der Waals surface area contributed by atoms with Crippen molar-refractivity contribution in [3.8, 4) is 0 Å². The minimum absolute atomic E-state index is 0.128. The molecule has 124 valence electrons. The monoisotopic (exact) mass is 316 g/mol. The van der Waals surface area contributed by atoms with Crippen LogP contribution in [0.25, 0.3) is 10.9 Å². The quantitative estimate of drug-likeness (QED) is 0.798. The van der Waals surface area contributed by atoms with Gasteiger partial charge in [-0.15, -0.1) is 0 Å². The van der Waals surface area contributed by atoms with Crippen molar-refractivity contribution in [2.45, 2.75) is 46.2 Å². The van der Waals surface area contributed by atoms with Gasteiger partial charge in [-0.2, -0.15) is 0 Å². The zero-order valence-electron chi connectivity index (χ0n) is 14.0. The molecule has 0 spiro atoms. The summed E-state index contributed by atoms with van der Waals surface area (Å²) >= 11 is 0. The first-order valence-electron chi connectivity index (χ1n) is 8.15. The van der Waals surface area contributed by atoms with E-state index in [-0.39, 0.29) is 18.6 Å². The van der Waals surface area contributed by atoms with Gasteiger partial charge in [0.2, 0.25) is 0 Å². The number of hydrogen-bond donors (Lipinski definition) is 1. The van der Waals surface area contributed by atoms with E-state index in [1.807, 2.05) is 49.6 Å². The number of ether oxygens (including phenoxy) is 1. The summed E-state index contributed by atoms with van der Waals surface area (Å²) in [4.78, 5) is 24.1. The normalized spacial score (nSPS) is 11.0. The molecule has 0 unspecified atom stereocenters. The molecule has 5 nitrogen and oxygen atoms in total. The van der Waals surface area contributed by atoms with E-state index in [4.69, 9.17) is 4.74 Å². The molecule has 1 aromatic carbocycles. The van der Waals surface area contributed by atoms with E-state index < -0.39 is 5.97 Å². The maximum Gasteiger partial charge on any atom is 0.340 e. The zero-order valence-corrected chi connectivity index (χ0v) is 14.0. The van der Waals surface area contributed by atoms with Gasteiger partial charge in [0.15, 0.2) is 6.61 Å². The number of carbonyl (C=O) groups excluding carboxylic acids is 2.